The smallest absolute Gasteiger partial charge is 0.152 e. The number of anilines is 1. The Bertz CT molecular complexity index is 1550. The topological polar surface area (TPSA) is 67.0 Å². The molecule has 0 atom stereocenters. The molecule has 188 valence electrons. The number of aromatic nitrogens is 3. The van der Waals surface area contributed by atoms with Gasteiger partial charge < -0.3 is 14.2 Å². The first-order valence-electron chi connectivity index (χ1n) is 11.9. The summed E-state index contributed by atoms with van der Waals surface area (Å²) in [5.41, 5.74) is 3.34. The summed E-state index contributed by atoms with van der Waals surface area (Å²) >= 11 is 6.38. The number of nitriles is 1. The normalized spacial score (nSPS) is 10.7. The molecule has 0 saturated carbocycles. The van der Waals surface area contributed by atoms with Gasteiger partial charge >= 0.3 is 0 Å². The van der Waals surface area contributed by atoms with Crippen LogP contribution < -0.4 is 9.64 Å². The van der Waals surface area contributed by atoms with Crippen LogP contribution in [-0.2, 0) is 19.6 Å². The molecule has 1 heterocycles. The van der Waals surface area contributed by atoms with Crippen LogP contribution in [-0.4, -0.2) is 14.8 Å². The van der Waals surface area contributed by atoms with Gasteiger partial charge in [0.2, 0.25) is 0 Å². The Morgan fingerprint density at radius 2 is 1.63 bits per heavy atom. The lowest BCUT2D eigenvalue weighted by Gasteiger charge is -2.25. The Balaban J connectivity index is 1.40. The van der Waals surface area contributed by atoms with Crippen LogP contribution in [0.5, 0.6) is 11.5 Å². The fraction of sp³-hybridized carbons (Fsp3) is 0.100. The average Bonchev–Trinajstić information content (AvgIpc) is 3.37. The number of benzene rings is 4. The van der Waals surface area contributed by atoms with Crippen molar-refractivity contribution in [2.45, 2.75) is 19.6 Å². The van der Waals surface area contributed by atoms with E-state index in [1.54, 1.807) is 24.5 Å². The maximum Gasteiger partial charge on any atom is 0.152 e. The van der Waals surface area contributed by atoms with Crippen LogP contribution in [0, 0.1) is 17.1 Å². The fourth-order valence-electron chi connectivity index (χ4n) is 4.03. The van der Waals surface area contributed by atoms with Gasteiger partial charge in [0, 0.05) is 17.3 Å². The highest BCUT2D eigenvalue weighted by molar-refractivity contribution is 6.31. The largest absolute Gasteiger partial charge is 0.457 e. The summed E-state index contributed by atoms with van der Waals surface area (Å²) in [6, 6.07) is 31.3. The molecule has 0 unspecified atom stereocenters. The van der Waals surface area contributed by atoms with Crippen LogP contribution in [0.25, 0.3) is 0 Å². The lowest BCUT2D eigenvalue weighted by molar-refractivity contribution is 0.482. The zero-order valence-corrected chi connectivity index (χ0v) is 21.1. The lowest BCUT2D eigenvalue weighted by Crippen LogP contribution is -2.24. The van der Waals surface area contributed by atoms with Crippen LogP contribution in [0.4, 0.5) is 10.1 Å². The van der Waals surface area contributed by atoms with Crippen molar-refractivity contribution < 1.29 is 9.13 Å². The molecule has 0 aliphatic heterocycles. The fourth-order valence-corrected chi connectivity index (χ4v) is 4.26. The Labute approximate surface area is 225 Å². The maximum absolute atomic E-state index is 13.7. The maximum atomic E-state index is 13.7. The van der Waals surface area contributed by atoms with Crippen molar-refractivity contribution in [3.05, 3.63) is 137 Å². The van der Waals surface area contributed by atoms with E-state index in [4.69, 9.17) is 21.6 Å². The molecule has 8 heteroatoms. The van der Waals surface area contributed by atoms with Gasteiger partial charge in [-0.15, -0.1) is 10.2 Å². The zero-order chi connectivity index (χ0) is 26.3. The van der Waals surface area contributed by atoms with E-state index >= 15 is 0 Å². The summed E-state index contributed by atoms with van der Waals surface area (Å²) in [6.45, 7) is 1.42. The average molecular weight is 524 g/mol. The molecule has 5 rings (SSSR count). The van der Waals surface area contributed by atoms with Gasteiger partial charge in [-0.2, -0.15) is 5.26 Å². The predicted octanol–water partition coefficient (Wildman–Crippen LogP) is 6.99. The van der Waals surface area contributed by atoms with Crippen LogP contribution in [0.3, 0.4) is 0 Å². The Hall–Kier alpha value is -4.67. The molecule has 0 aliphatic rings. The third-order valence-corrected chi connectivity index (χ3v) is 6.37. The van der Waals surface area contributed by atoms with E-state index in [2.05, 4.69) is 21.2 Å². The van der Waals surface area contributed by atoms with Gasteiger partial charge in [0.15, 0.2) is 5.82 Å². The van der Waals surface area contributed by atoms with E-state index in [-0.39, 0.29) is 5.82 Å². The van der Waals surface area contributed by atoms with Gasteiger partial charge in [0.1, 0.15) is 23.6 Å². The standard InChI is InChI=1S/C30H23ClFN5O/c31-29-16-25(32)11-10-24(29)19-36(26-12-14-28(15-13-26)38-27-4-2-1-3-5-27)20-30-35-34-21-37(30)18-23-8-6-22(17-33)7-9-23/h1-16,21H,18-20H2. The van der Waals surface area contributed by atoms with Crippen LogP contribution in [0.2, 0.25) is 5.02 Å². The second-order valence-electron chi connectivity index (χ2n) is 8.68. The number of para-hydroxylation sites is 1. The minimum Gasteiger partial charge on any atom is -0.457 e. The van der Waals surface area contributed by atoms with Crippen molar-refractivity contribution in [2.24, 2.45) is 0 Å². The van der Waals surface area contributed by atoms with Crippen LogP contribution in [0.1, 0.15) is 22.5 Å². The summed E-state index contributed by atoms with van der Waals surface area (Å²) in [6.07, 6.45) is 1.69. The third kappa shape index (κ3) is 6.17. The molecule has 0 fully saturated rings. The monoisotopic (exact) mass is 523 g/mol. The molecule has 6 nitrogen and oxygen atoms in total. The van der Waals surface area contributed by atoms with Crippen LogP contribution >= 0.6 is 11.6 Å². The number of hydrogen-bond acceptors (Lipinski definition) is 5. The predicted molar refractivity (Wildman–Crippen MR) is 145 cm³/mol. The van der Waals surface area contributed by atoms with Gasteiger partial charge in [-0.1, -0.05) is 48.0 Å². The SMILES string of the molecule is N#Cc1ccc(Cn2cnnc2CN(Cc2ccc(F)cc2Cl)c2ccc(Oc3ccccc3)cc2)cc1. The van der Waals surface area contributed by atoms with E-state index in [0.717, 1.165) is 28.4 Å². The molecular formula is C30H23ClFN5O. The number of nitrogens with zero attached hydrogens (tertiary/aromatic N) is 5. The van der Waals surface area contributed by atoms with Gasteiger partial charge in [-0.25, -0.2) is 4.39 Å². The molecule has 1 aromatic heterocycles. The molecule has 0 amide bonds. The van der Waals surface area contributed by atoms with Crippen molar-refractivity contribution in [3.8, 4) is 17.6 Å². The number of ether oxygens (including phenoxy) is 1. The van der Waals surface area contributed by atoms with Gasteiger partial charge in [0.25, 0.3) is 0 Å². The first-order chi connectivity index (χ1) is 18.6. The number of halogens is 2. The van der Waals surface area contributed by atoms with Gasteiger partial charge in [-0.05, 0) is 71.8 Å². The molecule has 0 radical (unpaired) electrons. The van der Waals surface area contributed by atoms with Gasteiger partial charge in [0.05, 0.1) is 24.7 Å². The van der Waals surface area contributed by atoms with Crippen molar-refractivity contribution in [1.82, 2.24) is 14.8 Å². The van der Waals surface area contributed by atoms with E-state index in [0.29, 0.717) is 36.0 Å². The minimum absolute atomic E-state index is 0.359. The highest BCUT2D eigenvalue weighted by Gasteiger charge is 2.16. The first kappa shape index (κ1) is 25.0. The number of rotatable bonds is 9. The molecule has 4 aromatic carbocycles. The molecule has 0 bridgehead atoms. The molecule has 0 saturated heterocycles. The number of hydrogen-bond donors (Lipinski definition) is 0. The first-order valence-corrected chi connectivity index (χ1v) is 12.3. The summed E-state index contributed by atoms with van der Waals surface area (Å²) in [7, 11) is 0. The minimum atomic E-state index is -0.380. The quantitative estimate of drug-likeness (QED) is 0.208. The summed E-state index contributed by atoms with van der Waals surface area (Å²) in [4.78, 5) is 2.10. The van der Waals surface area contributed by atoms with Crippen LogP contribution in [0.15, 0.2) is 103 Å². The lowest BCUT2D eigenvalue weighted by atomic mass is 10.1. The van der Waals surface area contributed by atoms with Crippen molar-refractivity contribution in [2.75, 3.05) is 4.90 Å². The Morgan fingerprint density at radius 1 is 0.895 bits per heavy atom. The Morgan fingerprint density at radius 3 is 2.34 bits per heavy atom. The van der Waals surface area contributed by atoms with E-state index in [1.165, 1.54) is 12.1 Å². The van der Waals surface area contributed by atoms with E-state index in [9.17, 15) is 4.39 Å². The summed E-state index contributed by atoms with van der Waals surface area (Å²) < 4.78 is 21.6. The molecule has 0 N–H and O–H groups in total. The molecule has 0 spiro atoms. The molecule has 38 heavy (non-hydrogen) atoms. The highest BCUT2D eigenvalue weighted by Crippen LogP contribution is 2.28. The third-order valence-electron chi connectivity index (χ3n) is 6.02. The van der Waals surface area contributed by atoms with Crippen molar-refractivity contribution in [3.63, 3.8) is 0 Å². The molecule has 5 aromatic rings. The Kier molecular flexibility index (Phi) is 7.62. The van der Waals surface area contributed by atoms with E-state index in [1.807, 2.05) is 71.3 Å². The molecular weight excluding hydrogens is 501 g/mol. The second-order valence-corrected chi connectivity index (χ2v) is 9.09. The summed E-state index contributed by atoms with van der Waals surface area (Å²) in [5.74, 6) is 1.84. The van der Waals surface area contributed by atoms with Crippen molar-refractivity contribution in [1.29, 1.82) is 5.26 Å². The van der Waals surface area contributed by atoms with Crippen molar-refractivity contribution >= 4 is 17.3 Å². The zero-order valence-electron chi connectivity index (χ0n) is 20.3. The highest BCUT2D eigenvalue weighted by atomic mass is 35.5. The second kappa shape index (κ2) is 11.6. The summed E-state index contributed by atoms with van der Waals surface area (Å²) in [5, 5.41) is 17.9. The van der Waals surface area contributed by atoms with Gasteiger partial charge in [-0.3, -0.25) is 0 Å². The van der Waals surface area contributed by atoms with E-state index < -0.39 is 0 Å². The molecule has 0 aliphatic carbocycles.